The number of anilines is 3. The maximum absolute atomic E-state index is 2.44. The van der Waals surface area contributed by atoms with Gasteiger partial charge in [0, 0.05) is 22.5 Å². The third-order valence-corrected chi connectivity index (χ3v) is 12.3. The fraction of sp³-hybridized carbons (Fsp3) is 0.0769. The first-order valence-electron chi connectivity index (χ1n) is 18.7. The number of benzene rings is 8. The SMILES string of the molecule is CC1(C)c2cc(-c3ccccc3)ccc2-c2ccc(N(c3ccccc3)c3ccc4c(c3)-c3ccccc3C43c4ccccc4-c4ccccc43)cc21. The van der Waals surface area contributed by atoms with Crippen LogP contribution >= 0.6 is 0 Å². The summed E-state index contributed by atoms with van der Waals surface area (Å²) in [7, 11) is 0. The number of nitrogens with zero attached hydrogens (tertiary/aromatic N) is 1. The monoisotopic (exact) mass is 675 g/mol. The molecule has 0 atom stereocenters. The third-order valence-electron chi connectivity index (χ3n) is 12.3. The topological polar surface area (TPSA) is 3.24 Å². The van der Waals surface area contributed by atoms with Crippen molar-refractivity contribution in [1.82, 2.24) is 0 Å². The van der Waals surface area contributed by atoms with Crippen LogP contribution in [0.15, 0.2) is 188 Å². The first-order chi connectivity index (χ1) is 26.0. The largest absolute Gasteiger partial charge is 0.310 e. The molecule has 0 amide bonds. The van der Waals surface area contributed by atoms with E-state index >= 15 is 0 Å². The number of rotatable bonds is 4. The van der Waals surface area contributed by atoms with Gasteiger partial charge >= 0.3 is 0 Å². The first kappa shape index (κ1) is 30.2. The maximum Gasteiger partial charge on any atom is 0.0725 e. The van der Waals surface area contributed by atoms with E-state index < -0.39 is 0 Å². The quantitative estimate of drug-likeness (QED) is 0.179. The van der Waals surface area contributed by atoms with E-state index in [-0.39, 0.29) is 10.8 Å². The van der Waals surface area contributed by atoms with Crippen molar-refractivity contribution in [3.63, 3.8) is 0 Å². The summed E-state index contributed by atoms with van der Waals surface area (Å²) in [6.07, 6.45) is 0. The Labute approximate surface area is 311 Å². The van der Waals surface area contributed by atoms with E-state index in [1.165, 1.54) is 77.9 Å². The number of para-hydroxylation sites is 1. The Bertz CT molecular complexity index is 2710. The van der Waals surface area contributed by atoms with Crippen molar-refractivity contribution in [3.05, 3.63) is 221 Å². The van der Waals surface area contributed by atoms with E-state index in [2.05, 4.69) is 207 Å². The molecular formula is C52H37N. The van der Waals surface area contributed by atoms with Crippen LogP contribution < -0.4 is 4.90 Å². The Balaban J connectivity index is 1.09. The minimum atomic E-state index is -0.350. The Morgan fingerprint density at radius 1 is 0.302 bits per heavy atom. The van der Waals surface area contributed by atoms with Crippen LogP contribution in [0, 0.1) is 0 Å². The minimum absolute atomic E-state index is 0.152. The summed E-state index contributed by atoms with van der Waals surface area (Å²) in [6.45, 7) is 4.76. The Hall–Kier alpha value is -6.44. The highest BCUT2D eigenvalue weighted by Crippen LogP contribution is 2.63. The molecule has 0 N–H and O–H groups in total. The Morgan fingerprint density at radius 3 is 1.40 bits per heavy atom. The van der Waals surface area contributed by atoms with Gasteiger partial charge in [0.2, 0.25) is 0 Å². The number of fused-ring (bicyclic) bond motifs is 13. The molecule has 1 heteroatoms. The van der Waals surface area contributed by atoms with Gasteiger partial charge in [-0.15, -0.1) is 0 Å². The molecule has 11 rings (SSSR count). The molecule has 0 radical (unpaired) electrons. The van der Waals surface area contributed by atoms with Crippen LogP contribution in [0.5, 0.6) is 0 Å². The van der Waals surface area contributed by atoms with Crippen molar-refractivity contribution in [1.29, 1.82) is 0 Å². The van der Waals surface area contributed by atoms with E-state index in [4.69, 9.17) is 0 Å². The van der Waals surface area contributed by atoms with Crippen molar-refractivity contribution in [3.8, 4) is 44.5 Å². The zero-order chi connectivity index (χ0) is 35.3. The van der Waals surface area contributed by atoms with Gasteiger partial charge in [-0.3, -0.25) is 0 Å². The molecular weight excluding hydrogens is 639 g/mol. The highest BCUT2D eigenvalue weighted by molar-refractivity contribution is 5.97. The molecule has 0 aromatic heterocycles. The molecule has 8 aromatic carbocycles. The fourth-order valence-corrected chi connectivity index (χ4v) is 9.93. The van der Waals surface area contributed by atoms with Gasteiger partial charge in [-0.1, -0.05) is 159 Å². The summed E-state index contributed by atoms with van der Waals surface area (Å²) in [5.74, 6) is 0. The second kappa shape index (κ2) is 11.0. The first-order valence-corrected chi connectivity index (χ1v) is 18.7. The van der Waals surface area contributed by atoms with E-state index in [1.54, 1.807) is 0 Å². The predicted molar refractivity (Wildman–Crippen MR) is 220 cm³/mol. The van der Waals surface area contributed by atoms with Gasteiger partial charge in [0.15, 0.2) is 0 Å². The Morgan fingerprint density at radius 2 is 0.755 bits per heavy atom. The molecule has 0 aliphatic heterocycles. The summed E-state index contributed by atoms with van der Waals surface area (Å²) >= 11 is 0. The predicted octanol–water partition coefficient (Wildman–Crippen LogP) is 13.5. The van der Waals surface area contributed by atoms with E-state index in [0.29, 0.717) is 0 Å². The van der Waals surface area contributed by atoms with E-state index in [0.717, 1.165) is 17.1 Å². The third kappa shape index (κ3) is 4.08. The van der Waals surface area contributed by atoms with Gasteiger partial charge in [0.1, 0.15) is 0 Å². The molecule has 0 unspecified atom stereocenters. The molecule has 1 spiro atoms. The Kier molecular flexibility index (Phi) is 6.29. The van der Waals surface area contributed by atoms with E-state index in [1.807, 2.05) is 0 Å². The summed E-state index contributed by atoms with van der Waals surface area (Å²) in [4.78, 5) is 2.44. The van der Waals surface area contributed by atoms with Gasteiger partial charge in [-0.05, 0) is 120 Å². The molecule has 0 saturated heterocycles. The molecule has 8 aromatic rings. The average Bonchev–Trinajstić information content (AvgIpc) is 3.77. The average molecular weight is 676 g/mol. The van der Waals surface area contributed by atoms with Gasteiger partial charge in [0.25, 0.3) is 0 Å². The molecule has 1 nitrogen and oxygen atoms in total. The van der Waals surface area contributed by atoms with Gasteiger partial charge in [-0.2, -0.15) is 0 Å². The molecule has 53 heavy (non-hydrogen) atoms. The lowest BCUT2D eigenvalue weighted by atomic mass is 9.70. The summed E-state index contributed by atoms with van der Waals surface area (Å²) in [5.41, 5.74) is 21.6. The van der Waals surface area contributed by atoms with Crippen LogP contribution in [-0.2, 0) is 10.8 Å². The van der Waals surface area contributed by atoms with Crippen molar-refractivity contribution in [2.24, 2.45) is 0 Å². The van der Waals surface area contributed by atoms with Gasteiger partial charge in [-0.25, -0.2) is 0 Å². The van der Waals surface area contributed by atoms with Crippen molar-refractivity contribution in [2.45, 2.75) is 24.7 Å². The molecule has 3 aliphatic carbocycles. The molecule has 0 bridgehead atoms. The van der Waals surface area contributed by atoms with Crippen molar-refractivity contribution >= 4 is 17.1 Å². The summed E-state index contributed by atoms with van der Waals surface area (Å²) < 4.78 is 0. The zero-order valence-corrected chi connectivity index (χ0v) is 29.8. The summed E-state index contributed by atoms with van der Waals surface area (Å²) in [6, 6.07) is 70.0. The van der Waals surface area contributed by atoms with Crippen LogP contribution in [0.2, 0.25) is 0 Å². The van der Waals surface area contributed by atoms with E-state index in [9.17, 15) is 0 Å². The molecule has 250 valence electrons. The van der Waals surface area contributed by atoms with Crippen LogP contribution in [0.1, 0.15) is 47.2 Å². The van der Waals surface area contributed by atoms with Crippen LogP contribution in [-0.4, -0.2) is 0 Å². The van der Waals surface area contributed by atoms with Gasteiger partial charge < -0.3 is 4.90 Å². The lowest BCUT2D eigenvalue weighted by molar-refractivity contribution is 0.660. The second-order valence-electron chi connectivity index (χ2n) is 15.3. The van der Waals surface area contributed by atoms with Gasteiger partial charge in [0.05, 0.1) is 5.41 Å². The zero-order valence-electron chi connectivity index (χ0n) is 29.8. The normalized spacial score (nSPS) is 14.5. The van der Waals surface area contributed by atoms with Crippen LogP contribution in [0.25, 0.3) is 44.5 Å². The standard InChI is InChI=1S/C52H37N/c1-51(2)49-31-35(34-15-5-3-6-16-34)25-28-42(49)43-29-26-38(33-50(43)51)53(36-17-7-4-8-18-36)37-27-30-48-44(32-37)41-21-11-14-24-47(41)52(48)45-22-12-9-19-39(45)40-20-10-13-23-46(40)52/h3-33H,1-2H3. The molecule has 0 saturated carbocycles. The maximum atomic E-state index is 2.44. The summed E-state index contributed by atoms with van der Waals surface area (Å²) in [5, 5.41) is 0. The highest BCUT2D eigenvalue weighted by atomic mass is 15.1. The van der Waals surface area contributed by atoms with Crippen LogP contribution in [0.4, 0.5) is 17.1 Å². The highest BCUT2D eigenvalue weighted by Gasteiger charge is 2.51. The molecule has 0 fully saturated rings. The lowest BCUT2D eigenvalue weighted by Crippen LogP contribution is -2.25. The number of hydrogen-bond acceptors (Lipinski definition) is 1. The smallest absolute Gasteiger partial charge is 0.0725 e. The molecule has 0 heterocycles. The van der Waals surface area contributed by atoms with Crippen molar-refractivity contribution < 1.29 is 0 Å². The lowest BCUT2D eigenvalue weighted by Gasteiger charge is -2.31. The second-order valence-corrected chi connectivity index (χ2v) is 15.3. The van der Waals surface area contributed by atoms with Crippen LogP contribution in [0.3, 0.4) is 0 Å². The van der Waals surface area contributed by atoms with Crippen molar-refractivity contribution in [2.75, 3.05) is 4.90 Å². The molecule has 3 aliphatic rings. The minimum Gasteiger partial charge on any atom is -0.310 e. The number of hydrogen-bond donors (Lipinski definition) is 0. The fourth-order valence-electron chi connectivity index (χ4n) is 9.93.